The van der Waals surface area contributed by atoms with Gasteiger partial charge >= 0.3 is 11.7 Å². The number of hydrogen-bond donors (Lipinski definition) is 4. The molecule has 1 aromatic rings. The molecular weight excluding hydrogens is 232 g/mol. The summed E-state index contributed by atoms with van der Waals surface area (Å²) < 4.78 is 0. The van der Waals surface area contributed by atoms with Gasteiger partial charge < -0.3 is 15.1 Å². The summed E-state index contributed by atoms with van der Waals surface area (Å²) in [6, 6.07) is -1.02. The van der Waals surface area contributed by atoms with Gasteiger partial charge in [-0.1, -0.05) is 0 Å². The van der Waals surface area contributed by atoms with Gasteiger partial charge in [0.1, 0.15) is 6.04 Å². The van der Waals surface area contributed by atoms with Gasteiger partial charge in [0.25, 0.3) is 5.56 Å². The third kappa shape index (κ3) is 2.04. The Kier molecular flexibility index (Phi) is 2.68. The molecular formula is C8H10N4O5. The number of nitrogens with one attached hydrogen (secondary N) is 2. The predicted octanol–water partition coefficient (Wildman–Crippen LogP) is -2.52. The number of aliphatic hydroxyl groups excluding tert-OH is 1. The van der Waals surface area contributed by atoms with Crippen LogP contribution in [0.4, 0.5) is 5.82 Å². The van der Waals surface area contributed by atoms with E-state index in [2.05, 4.69) is 5.10 Å². The minimum absolute atomic E-state index is 0.00950. The van der Waals surface area contributed by atoms with Crippen molar-refractivity contribution in [2.45, 2.75) is 18.6 Å². The van der Waals surface area contributed by atoms with Crippen molar-refractivity contribution in [1.29, 1.82) is 0 Å². The lowest BCUT2D eigenvalue weighted by atomic mass is 10.2. The first kappa shape index (κ1) is 11.3. The van der Waals surface area contributed by atoms with E-state index < -0.39 is 29.4 Å². The molecule has 4 N–H and O–H groups in total. The molecule has 0 bridgehead atoms. The second kappa shape index (κ2) is 4.01. The molecule has 2 unspecified atom stereocenters. The number of β-amino-alcohol motifs (C(OH)–C–C–N with tert-alkyl or cyclic N) is 1. The zero-order valence-corrected chi connectivity index (χ0v) is 8.58. The van der Waals surface area contributed by atoms with Crippen molar-refractivity contribution in [1.82, 2.24) is 15.2 Å². The number of aliphatic carboxylic acids is 1. The van der Waals surface area contributed by atoms with Gasteiger partial charge in [0, 0.05) is 13.0 Å². The Labute approximate surface area is 93.7 Å². The van der Waals surface area contributed by atoms with Crippen molar-refractivity contribution in [2.24, 2.45) is 0 Å². The molecule has 0 amide bonds. The smallest absolute Gasteiger partial charge is 0.342 e. The summed E-state index contributed by atoms with van der Waals surface area (Å²) in [4.78, 5) is 36.3. The van der Waals surface area contributed by atoms with Crippen molar-refractivity contribution in [2.75, 3.05) is 11.4 Å². The number of aromatic amines is 2. The first-order valence-electron chi connectivity index (χ1n) is 4.85. The number of nitrogens with zero attached hydrogens (tertiary/aromatic N) is 2. The van der Waals surface area contributed by atoms with Gasteiger partial charge in [-0.25, -0.2) is 14.7 Å². The van der Waals surface area contributed by atoms with Gasteiger partial charge in [0.2, 0.25) is 5.82 Å². The molecule has 2 heterocycles. The summed E-state index contributed by atoms with van der Waals surface area (Å²) in [6.45, 7) is -0.0148. The van der Waals surface area contributed by atoms with Crippen molar-refractivity contribution in [3.05, 3.63) is 20.8 Å². The number of carboxylic acid groups (broad SMARTS) is 1. The monoisotopic (exact) mass is 242 g/mol. The normalized spacial score (nSPS) is 23.9. The summed E-state index contributed by atoms with van der Waals surface area (Å²) in [7, 11) is 0. The fourth-order valence-electron chi connectivity index (χ4n) is 1.82. The summed E-state index contributed by atoms with van der Waals surface area (Å²) in [5.41, 5.74) is -1.56. The maximum absolute atomic E-state index is 11.4. The van der Waals surface area contributed by atoms with Gasteiger partial charge in [-0.15, -0.1) is 5.10 Å². The molecule has 2 rings (SSSR count). The van der Waals surface area contributed by atoms with E-state index in [1.165, 1.54) is 0 Å². The second-order valence-electron chi connectivity index (χ2n) is 3.73. The van der Waals surface area contributed by atoms with Gasteiger partial charge in [-0.05, 0) is 0 Å². The SMILES string of the molecule is O=C(O)C1CC(O)CN1c1n[nH]c(=O)[nH]c1=O. The Hall–Kier alpha value is -2.16. The van der Waals surface area contributed by atoms with E-state index in [0.29, 0.717) is 0 Å². The lowest BCUT2D eigenvalue weighted by Gasteiger charge is -2.20. The van der Waals surface area contributed by atoms with E-state index in [4.69, 9.17) is 5.11 Å². The van der Waals surface area contributed by atoms with Gasteiger partial charge in [0.15, 0.2) is 0 Å². The van der Waals surface area contributed by atoms with E-state index in [0.717, 1.165) is 4.90 Å². The molecule has 2 atom stereocenters. The molecule has 0 radical (unpaired) electrons. The molecule has 1 fully saturated rings. The molecule has 1 saturated heterocycles. The number of aromatic nitrogens is 3. The molecule has 0 spiro atoms. The number of H-pyrrole nitrogens is 2. The van der Waals surface area contributed by atoms with Crippen LogP contribution in [0.5, 0.6) is 0 Å². The lowest BCUT2D eigenvalue weighted by molar-refractivity contribution is -0.138. The number of anilines is 1. The molecule has 9 nitrogen and oxygen atoms in total. The Morgan fingerprint density at radius 1 is 1.47 bits per heavy atom. The van der Waals surface area contributed by atoms with Gasteiger partial charge in [-0.2, -0.15) is 0 Å². The number of hydrogen-bond acceptors (Lipinski definition) is 6. The maximum atomic E-state index is 11.4. The first-order chi connectivity index (χ1) is 7.99. The molecule has 1 aliphatic rings. The molecule has 9 heteroatoms. The highest BCUT2D eigenvalue weighted by Crippen LogP contribution is 2.21. The van der Waals surface area contributed by atoms with Crippen molar-refractivity contribution in [3.63, 3.8) is 0 Å². The van der Waals surface area contributed by atoms with Crippen LogP contribution in [0, 0.1) is 0 Å². The van der Waals surface area contributed by atoms with Crippen LogP contribution in [0.15, 0.2) is 9.59 Å². The molecule has 0 saturated carbocycles. The average Bonchev–Trinajstić information content (AvgIpc) is 2.60. The zero-order chi connectivity index (χ0) is 12.6. The van der Waals surface area contributed by atoms with Crippen LogP contribution in [0.1, 0.15) is 6.42 Å². The Balaban J connectivity index is 2.41. The molecule has 0 aliphatic carbocycles. The third-order valence-corrected chi connectivity index (χ3v) is 2.53. The standard InChI is InChI=1S/C8H10N4O5/c13-3-1-4(7(15)16)12(2-3)5-6(14)9-8(17)11-10-5/h3-4,13H,1-2H2,(H,15,16)(H2,9,11,14,17). The molecule has 1 aliphatic heterocycles. The van der Waals surface area contributed by atoms with Gasteiger partial charge in [-0.3, -0.25) is 9.78 Å². The maximum Gasteiger partial charge on any atom is 0.342 e. The number of rotatable bonds is 2. The number of carboxylic acids is 1. The van der Waals surface area contributed by atoms with E-state index >= 15 is 0 Å². The highest BCUT2D eigenvalue weighted by atomic mass is 16.4. The molecule has 17 heavy (non-hydrogen) atoms. The largest absolute Gasteiger partial charge is 0.480 e. The van der Waals surface area contributed by atoms with Crippen LogP contribution < -0.4 is 16.1 Å². The fraction of sp³-hybridized carbons (Fsp3) is 0.500. The minimum Gasteiger partial charge on any atom is -0.480 e. The average molecular weight is 242 g/mol. The minimum atomic E-state index is -1.16. The summed E-state index contributed by atoms with van der Waals surface area (Å²) in [6.07, 6.45) is -0.834. The number of aliphatic hydroxyl groups is 1. The van der Waals surface area contributed by atoms with Crippen LogP contribution in [-0.4, -0.2) is 50.1 Å². The Morgan fingerprint density at radius 2 is 2.18 bits per heavy atom. The summed E-state index contributed by atoms with van der Waals surface area (Å²) >= 11 is 0. The van der Waals surface area contributed by atoms with Crippen LogP contribution >= 0.6 is 0 Å². The van der Waals surface area contributed by atoms with E-state index in [9.17, 15) is 19.5 Å². The van der Waals surface area contributed by atoms with Crippen LogP contribution in [0.2, 0.25) is 0 Å². The quantitative estimate of drug-likeness (QED) is 0.448. The second-order valence-corrected chi connectivity index (χ2v) is 3.73. The Bertz CT molecular complexity index is 549. The van der Waals surface area contributed by atoms with Crippen LogP contribution in [0.3, 0.4) is 0 Å². The lowest BCUT2D eigenvalue weighted by Crippen LogP contribution is -2.41. The van der Waals surface area contributed by atoms with Crippen molar-refractivity contribution < 1.29 is 15.0 Å². The van der Waals surface area contributed by atoms with Gasteiger partial charge in [0.05, 0.1) is 6.10 Å². The molecule has 1 aromatic heterocycles. The van der Waals surface area contributed by atoms with E-state index in [-0.39, 0.29) is 18.8 Å². The third-order valence-electron chi connectivity index (χ3n) is 2.53. The van der Waals surface area contributed by atoms with E-state index in [1.54, 1.807) is 0 Å². The predicted molar refractivity (Wildman–Crippen MR) is 54.9 cm³/mol. The highest BCUT2D eigenvalue weighted by Gasteiger charge is 2.38. The fourth-order valence-corrected chi connectivity index (χ4v) is 1.82. The Morgan fingerprint density at radius 3 is 2.76 bits per heavy atom. The van der Waals surface area contributed by atoms with Crippen LogP contribution in [-0.2, 0) is 4.79 Å². The zero-order valence-electron chi connectivity index (χ0n) is 8.58. The van der Waals surface area contributed by atoms with Crippen molar-refractivity contribution in [3.8, 4) is 0 Å². The first-order valence-corrected chi connectivity index (χ1v) is 4.85. The summed E-state index contributed by atoms with van der Waals surface area (Å²) in [5.74, 6) is -1.37. The topological polar surface area (TPSA) is 139 Å². The highest BCUT2D eigenvalue weighted by molar-refractivity contribution is 5.78. The summed E-state index contributed by atoms with van der Waals surface area (Å²) in [5, 5.41) is 23.9. The number of carbonyl (C=O) groups is 1. The van der Waals surface area contributed by atoms with E-state index in [1.807, 2.05) is 10.1 Å². The van der Waals surface area contributed by atoms with Crippen molar-refractivity contribution >= 4 is 11.8 Å². The molecule has 92 valence electrons. The van der Waals surface area contributed by atoms with Crippen LogP contribution in [0.25, 0.3) is 0 Å². The molecule has 0 aromatic carbocycles.